The summed E-state index contributed by atoms with van der Waals surface area (Å²) in [6, 6.07) is 2.03. The fourth-order valence-corrected chi connectivity index (χ4v) is 3.01. The number of rotatable bonds is 5. The van der Waals surface area contributed by atoms with Crippen molar-refractivity contribution in [3.8, 4) is 0 Å². The first kappa shape index (κ1) is 20.3. The van der Waals surface area contributed by atoms with Crippen molar-refractivity contribution in [2.24, 2.45) is 5.92 Å². The van der Waals surface area contributed by atoms with E-state index in [0.29, 0.717) is 0 Å². The molecule has 1 aromatic heterocycles. The van der Waals surface area contributed by atoms with Crippen LogP contribution in [-0.2, 0) is 16.1 Å². The molecule has 0 radical (unpaired) electrons. The van der Waals surface area contributed by atoms with Crippen molar-refractivity contribution in [1.29, 1.82) is 0 Å². The van der Waals surface area contributed by atoms with Gasteiger partial charge in [0.15, 0.2) is 0 Å². The van der Waals surface area contributed by atoms with Crippen molar-refractivity contribution < 1.29 is 27.2 Å². The zero-order valence-corrected chi connectivity index (χ0v) is 14.9. The standard InChI is InChI=1S/C17H24F3N3O3/c1-11-7-14(12(2)26-11)9-23-5-3-13(4-6-23)8-21-15(24)16(25)22-10-17(18,19)20/h7,13H,3-6,8-10H2,1-2H3,(H,21,24)(H,22,25). The molecule has 1 fully saturated rings. The van der Waals surface area contributed by atoms with Gasteiger partial charge in [-0.2, -0.15) is 13.2 Å². The van der Waals surface area contributed by atoms with E-state index in [-0.39, 0.29) is 12.5 Å². The molecule has 146 valence electrons. The van der Waals surface area contributed by atoms with Gasteiger partial charge in [0.2, 0.25) is 0 Å². The number of piperidine rings is 1. The molecule has 0 aliphatic carbocycles. The maximum atomic E-state index is 12.0. The first-order valence-corrected chi connectivity index (χ1v) is 8.55. The number of aryl methyl sites for hydroxylation is 2. The van der Waals surface area contributed by atoms with Gasteiger partial charge in [-0.25, -0.2) is 0 Å². The predicted molar refractivity (Wildman–Crippen MR) is 88.3 cm³/mol. The molecule has 2 amide bonds. The zero-order valence-electron chi connectivity index (χ0n) is 14.9. The van der Waals surface area contributed by atoms with E-state index in [4.69, 9.17) is 4.42 Å². The molecule has 2 N–H and O–H groups in total. The van der Waals surface area contributed by atoms with Crippen molar-refractivity contribution in [2.75, 3.05) is 26.2 Å². The molecule has 1 aliphatic rings. The van der Waals surface area contributed by atoms with Crippen molar-refractivity contribution in [2.45, 2.75) is 39.4 Å². The van der Waals surface area contributed by atoms with E-state index >= 15 is 0 Å². The Balaban J connectivity index is 1.67. The van der Waals surface area contributed by atoms with E-state index in [2.05, 4.69) is 10.2 Å². The van der Waals surface area contributed by atoms with Crippen molar-refractivity contribution in [1.82, 2.24) is 15.5 Å². The highest BCUT2D eigenvalue weighted by Gasteiger charge is 2.29. The second-order valence-corrected chi connectivity index (χ2v) is 6.67. The molecule has 1 aromatic rings. The van der Waals surface area contributed by atoms with Gasteiger partial charge in [-0.3, -0.25) is 14.5 Å². The third-order valence-electron chi connectivity index (χ3n) is 4.45. The molecule has 0 aromatic carbocycles. The molecule has 2 heterocycles. The number of nitrogens with one attached hydrogen (secondary N) is 2. The molecule has 0 saturated carbocycles. The Bertz CT molecular complexity index is 635. The molecular weight excluding hydrogens is 351 g/mol. The van der Waals surface area contributed by atoms with Crippen LogP contribution in [0.1, 0.15) is 29.9 Å². The van der Waals surface area contributed by atoms with Gasteiger partial charge in [0, 0.05) is 18.7 Å². The quantitative estimate of drug-likeness (QED) is 0.771. The topological polar surface area (TPSA) is 74.6 Å². The summed E-state index contributed by atoms with van der Waals surface area (Å²) in [5.74, 6) is -0.273. The molecule has 0 bridgehead atoms. The molecule has 1 saturated heterocycles. The number of alkyl halides is 3. The summed E-state index contributed by atoms with van der Waals surface area (Å²) in [4.78, 5) is 25.1. The lowest BCUT2D eigenvalue weighted by molar-refractivity contribution is -0.146. The van der Waals surface area contributed by atoms with Crippen LogP contribution in [0.15, 0.2) is 10.5 Å². The molecule has 2 rings (SSSR count). The Morgan fingerprint density at radius 2 is 1.81 bits per heavy atom. The summed E-state index contributed by atoms with van der Waals surface area (Å²) >= 11 is 0. The van der Waals surface area contributed by atoms with Gasteiger partial charge in [-0.15, -0.1) is 0 Å². The smallest absolute Gasteiger partial charge is 0.405 e. The lowest BCUT2D eigenvalue weighted by atomic mass is 9.96. The highest BCUT2D eigenvalue weighted by molar-refractivity contribution is 6.35. The molecule has 26 heavy (non-hydrogen) atoms. The third kappa shape index (κ3) is 6.36. The minimum Gasteiger partial charge on any atom is -0.466 e. The fraction of sp³-hybridized carbons (Fsp3) is 0.647. The first-order chi connectivity index (χ1) is 12.1. The molecular formula is C17H24F3N3O3. The normalized spacial score (nSPS) is 16.5. The van der Waals surface area contributed by atoms with Crippen LogP contribution < -0.4 is 10.6 Å². The first-order valence-electron chi connectivity index (χ1n) is 8.55. The molecule has 1 aliphatic heterocycles. The van der Waals surface area contributed by atoms with Crippen LogP contribution in [0.4, 0.5) is 13.2 Å². The summed E-state index contributed by atoms with van der Waals surface area (Å²) in [7, 11) is 0. The van der Waals surface area contributed by atoms with E-state index < -0.39 is 24.5 Å². The summed E-state index contributed by atoms with van der Waals surface area (Å²) in [5, 5.41) is 3.97. The highest BCUT2D eigenvalue weighted by atomic mass is 19.4. The molecule has 0 spiro atoms. The lowest BCUT2D eigenvalue weighted by Gasteiger charge is -2.31. The number of nitrogens with zero attached hydrogens (tertiary/aromatic N) is 1. The third-order valence-corrected chi connectivity index (χ3v) is 4.45. The summed E-state index contributed by atoms with van der Waals surface area (Å²) in [6.45, 7) is 5.14. The molecule has 0 atom stereocenters. The Morgan fingerprint density at radius 1 is 1.19 bits per heavy atom. The highest BCUT2D eigenvalue weighted by Crippen LogP contribution is 2.21. The molecule has 0 unspecified atom stereocenters. The monoisotopic (exact) mass is 375 g/mol. The lowest BCUT2D eigenvalue weighted by Crippen LogP contribution is -2.45. The maximum absolute atomic E-state index is 12.0. The average Bonchev–Trinajstić information content (AvgIpc) is 2.88. The summed E-state index contributed by atoms with van der Waals surface area (Å²) in [5.41, 5.74) is 1.16. The van der Waals surface area contributed by atoms with E-state index in [1.807, 2.05) is 19.9 Å². The average molecular weight is 375 g/mol. The number of hydrogen-bond donors (Lipinski definition) is 2. The SMILES string of the molecule is Cc1cc(CN2CCC(CNC(=O)C(=O)NCC(F)(F)F)CC2)c(C)o1. The summed E-state index contributed by atoms with van der Waals surface area (Å²) in [6.07, 6.45) is -2.84. The predicted octanol–water partition coefficient (Wildman–Crippen LogP) is 1.90. The van der Waals surface area contributed by atoms with Gasteiger partial charge in [0.25, 0.3) is 0 Å². The fourth-order valence-electron chi connectivity index (χ4n) is 3.01. The van der Waals surface area contributed by atoms with Gasteiger partial charge in [-0.1, -0.05) is 0 Å². The Morgan fingerprint density at radius 3 is 2.35 bits per heavy atom. The van der Waals surface area contributed by atoms with Gasteiger partial charge in [0.05, 0.1) is 0 Å². The van der Waals surface area contributed by atoms with E-state index in [1.54, 1.807) is 5.32 Å². The van der Waals surface area contributed by atoms with Gasteiger partial charge < -0.3 is 15.1 Å². The Kier molecular flexibility index (Phi) is 6.69. The van der Waals surface area contributed by atoms with E-state index in [0.717, 1.165) is 49.6 Å². The van der Waals surface area contributed by atoms with Crippen molar-refractivity contribution in [3.05, 3.63) is 23.2 Å². The van der Waals surface area contributed by atoms with Gasteiger partial charge in [-0.05, 0) is 51.8 Å². The summed E-state index contributed by atoms with van der Waals surface area (Å²) < 4.78 is 41.6. The van der Waals surface area contributed by atoms with Gasteiger partial charge in [0.1, 0.15) is 18.1 Å². The minimum absolute atomic E-state index is 0.206. The second-order valence-electron chi connectivity index (χ2n) is 6.67. The van der Waals surface area contributed by atoms with Crippen LogP contribution in [0, 0.1) is 19.8 Å². The van der Waals surface area contributed by atoms with Crippen molar-refractivity contribution >= 4 is 11.8 Å². The van der Waals surface area contributed by atoms with Crippen LogP contribution in [0.5, 0.6) is 0 Å². The molecule has 9 heteroatoms. The second kappa shape index (κ2) is 8.57. The van der Waals surface area contributed by atoms with Crippen LogP contribution in [0.25, 0.3) is 0 Å². The number of halogens is 3. The minimum atomic E-state index is -4.53. The Hall–Kier alpha value is -2.03. The largest absolute Gasteiger partial charge is 0.466 e. The number of amides is 2. The maximum Gasteiger partial charge on any atom is 0.405 e. The van der Waals surface area contributed by atoms with Crippen LogP contribution in [0.2, 0.25) is 0 Å². The number of likely N-dealkylation sites (tertiary alicyclic amines) is 1. The van der Waals surface area contributed by atoms with Crippen molar-refractivity contribution in [3.63, 3.8) is 0 Å². The van der Waals surface area contributed by atoms with Crippen LogP contribution >= 0.6 is 0 Å². The Labute approximate surface area is 150 Å². The number of carbonyl (C=O) groups excluding carboxylic acids is 2. The van der Waals surface area contributed by atoms with E-state index in [9.17, 15) is 22.8 Å². The van der Waals surface area contributed by atoms with Gasteiger partial charge >= 0.3 is 18.0 Å². The molecule has 6 nitrogen and oxygen atoms in total. The van der Waals surface area contributed by atoms with Crippen LogP contribution in [-0.4, -0.2) is 49.1 Å². The van der Waals surface area contributed by atoms with E-state index in [1.165, 1.54) is 0 Å². The number of furan rings is 1. The number of hydrogen-bond acceptors (Lipinski definition) is 4. The number of carbonyl (C=O) groups is 2. The van der Waals surface area contributed by atoms with Crippen LogP contribution in [0.3, 0.4) is 0 Å². The zero-order chi connectivity index (χ0) is 19.3.